The molecule has 1 aromatic rings. The van der Waals surface area contributed by atoms with E-state index in [2.05, 4.69) is 11.8 Å². The standard InChI is InChI=1S/C17H26FNO2/c1-13(16(20)14-7-4-5-8-15(14)18)11-19-10-6-9-17(2,12-19)21-3/h4-5,7-8,13,16,20H,6,9-12H2,1-3H3. The monoisotopic (exact) mass is 295 g/mol. The van der Waals surface area contributed by atoms with Crippen LogP contribution in [0.1, 0.15) is 38.4 Å². The molecular formula is C17H26FNO2. The second-order valence-corrected chi connectivity index (χ2v) is 6.44. The van der Waals surface area contributed by atoms with Gasteiger partial charge in [-0.05, 0) is 38.3 Å². The Kier molecular flexibility index (Phi) is 5.36. The first kappa shape index (κ1) is 16.4. The van der Waals surface area contributed by atoms with Gasteiger partial charge in [0.15, 0.2) is 0 Å². The van der Waals surface area contributed by atoms with E-state index in [1.165, 1.54) is 6.07 Å². The third-order valence-electron chi connectivity index (χ3n) is 4.54. The fourth-order valence-electron chi connectivity index (χ4n) is 3.16. The van der Waals surface area contributed by atoms with Crippen molar-refractivity contribution in [3.8, 4) is 0 Å². The van der Waals surface area contributed by atoms with Gasteiger partial charge >= 0.3 is 0 Å². The zero-order valence-corrected chi connectivity index (χ0v) is 13.2. The molecule has 1 aliphatic rings. The lowest BCUT2D eigenvalue weighted by atomic mass is 9.92. The average Bonchev–Trinajstić information content (AvgIpc) is 2.47. The van der Waals surface area contributed by atoms with Crippen molar-refractivity contribution in [3.63, 3.8) is 0 Å². The highest BCUT2D eigenvalue weighted by Gasteiger charge is 2.32. The lowest BCUT2D eigenvalue weighted by molar-refractivity contribution is -0.0576. The molecule has 3 nitrogen and oxygen atoms in total. The van der Waals surface area contributed by atoms with Crippen LogP contribution < -0.4 is 0 Å². The molecule has 0 amide bonds. The first-order chi connectivity index (χ1) is 9.95. The van der Waals surface area contributed by atoms with Crippen molar-refractivity contribution in [1.29, 1.82) is 0 Å². The van der Waals surface area contributed by atoms with Gasteiger partial charge < -0.3 is 14.7 Å². The second kappa shape index (κ2) is 6.86. The molecule has 3 unspecified atom stereocenters. The summed E-state index contributed by atoms with van der Waals surface area (Å²) in [7, 11) is 1.75. The summed E-state index contributed by atoms with van der Waals surface area (Å²) in [6.07, 6.45) is 1.37. The number of benzene rings is 1. The Morgan fingerprint density at radius 1 is 1.43 bits per heavy atom. The Morgan fingerprint density at radius 3 is 2.81 bits per heavy atom. The van der Waals surface area contributed by atoms with Gasteiger partial charge in [-0.25, -0.2) is 4.39 Å². The minimum atomic E-state index is -0.776. The van der Waals surface area contributed by atoms with Crippen LogP contribution in [0.2, 0.25) is 0 Å². The van der Waals surface area contributed by atoms with Crippen LogP contribution in [0.3, 0.4) is 0 Å². The first-order valence-electron chi connectivity index (χ1n) is 7.65. The molecule has 1 N–H and O–H groups in total. The van der Waals surface area contributed by atoms with Gasteiger partial charge in [-0.3, -0.25) is 0 Å². The lowest BCUT2D eigenvalue weighted by Crippen LogP contribution is -2.48. The molecule has 3 atom stereocenters. The van der Waals surface area contributed by atoms with E-state index in [0.717, 1.165) is 32.5 Å². The molecule has 0 saturated carbocycles. The number of methoxy groups -OCH3 is 1. The van der Waals surface area contributed by atoms with Crippen LogP contribution in [-0.4, -0.2) is 42.4 Å². The number of nitrogens with zero attached hydrogens (tertiary/aromatic N) is 1. The summed E-state index contributed by atoms with van der Waals surface area (Å²) >= 11 is 0. The molecule has 1 fully saturated rings. The highest BCUT2D eigenvalue weighted by atomic mass is 19.1. The zero-order chi connectivity index (χ0) is 15.5. The third kappa shape index (κ3) is 4.02. The quantitative estimate of drug-likeness (QED) is 0.906. The Hall–Kier alpha value is -0.970. The molecule has 118 valence electrons. The maximum Gasteiger partial charge on any atom is 0.129 e. The molecule has 0 radical (unpaired) electrons. The van der Waals surface area contributed by atoms with Gasteiger partial charge in [0.25, 0.3) is 0 Å². The fourth-order valence-corrected chi connectivity index (χ4v) is 3.16. The number of rotatable bonds is 5. The van der Waals surface area contributed by atoms with Gasteiger partial charge in [-0.1, -0.05) is 25.1 Å². The summed E-state index contributed by atoms with van der Waals surface area (Å²) in [5.74, 6) is -0.363. The SMILES string of the molecule is COC1(C)CCCN(CC(C)C(O)c2ccccc2F)C1. The minimum Gasteiger partial charge on any atom is -0.388 e. The van der Waals surface area contributed by atoms with E-state index in [1.54, 1.807) is 25.3 Å². The molecule has 1 saturated heterocycles. The number of hydrogen-bond acceptors (Lipinski definition) is 3. The van der Waals surface area contributed by atoms with E-state index >= 15 is 0 Å². The maximum absolute atomic E-state index is 13.8. The number of likely N-dealkylation sites (tertiary alicyclic amines) is 1. The smallest absolute Gasteiger partial charge is 0.129 e. The van der Waals surface area contributed by atoms with Gasteiger partial charge in [-0.2, -0.15) is 0 Å². The lowest BCUT2D eigenvalue weighted by Gasteiger charge is -2.40. The minimum absolute atomic E-state index is 0.0268. The van der Waals surface area contributed by atoms with Crippen LogP contribution in [0.4, 0.5) is 4.39 Å². The number of piperidine rings is 1. The number of aliphatic hydroxyl groups excluding tert-OH is 1. The van der Waals surface area contributed by atoms with E-state index < -0.39 is 6.10 Å². The summed E-state index contributed by atoms with van der Waals surface area (Å²) in [5.41, 5.74) is 0.275. The zero-order valence-electron chi connectivity index (χ0n) is 13.2. The molecule has 4 heteroatoms. The van der Waals surface area contributed by atoms with E-state index in [1.807, 2.05) is 6.92 Å². The van der Waals surface area contributed by atoms with Crippen LogP contribution in [0.15, 0.2) is 24.3 Å². The Balaban J connectivity index is 1.98. The summed E-state index contributed by atoms with van der Waals surface area (Å²) in [4.78, 5) is 2.31. The summed E-state index contributed by atoms with van der Waals surface area (Å²) < 4.78 is 19.4. The van der Waals surface area contributed by atoms with Crippen LogP contribution in [0, 0.1) is 11.7 Å². The highest BCUT2D eigenvalue weighted by Crippen LogP contribution is 2.28. The van der Waals surface area contributed by atoms with Gasteiger partial charge in [0.05, 0.1) is 11.7 Å². The number of halogens is 1. The topological polar surface area (TPSA) is 32.7 Å². The molecule has 1 aliphatic heterocycles. The third-order valence-corrected chi connectivity index (χ3v) is 4.54. The molecule has 0 bridgehead atoms. The normalized spacial score (nSPS) is 26.5. The second-order valence-electron chi connectivity index (χ2n) is 6.44. The largest absolute Gasteiger partial charge is 0.388 e. The molecule has 0 spiro atoms. The van der Waals surface area contributed by atoms with Crippen molar-refractivity contribution in [2.45, 2.75) is 38.4 Å². The summed E-state index contributed by atoms with van der Waals surface area (Å²) in [6.45, 7) is 6.70. The van der Waals surface area contributed by atoms with Crippen LogP contribution >= 0.6 is 0 Å². The van der Waals surface area contributed by atoms with Gasteiger partial charge in [0.2, 0.25) is 0 Å². The Labute approximate surface area is 126 Å². The van der Waals surface area contributed by atoms with E-state index in [-0.39, 0.29) is 17.3 Å². The predicted octanol–water partition coefficient (Wildman–Crippen LogP) is 3.00. The molecule has 0 aliphatic carbocycles. The Bertz CT molecular complexity index is 468. The van der Waals surface area contributed by atoms with Crippen LogP contribution in [-0.2, 0) is 4.74 Å². The molecule has 0 aromatic heterocycles. The van der Waals surface area contributed by atoms with Gasteiger partial charge in [0.1, 0.15) is 5.82 Å². The van der Waals surface area contributed by atoms with Gasteiger partial charge in [0, 0.05) is 25.8 Å². The first-order valence-corrected chi connectivity index (χ1v) is 7.65. The van der Waals surface area contributed by atoms with Crippen LogP contribution in [0.25, 0.3) is 0 Å². The maximum atomic E-state index is 13.8. The molecule has 2 rings (SSSR count). The molecule has 1 aromatic carbocycles. The van der Waals surface area contributed by atoms with E-state index in [9.17, 15) is 9.50 Å². The number of ether oxygens (including phenoxy) is 1. The van der Waals surface area contributed by atoms with Crippen molar-refractivity contribution < 1.29 is 14.2 Å². The van der Waals surface area contributed by atoms with Crippen molar-refractivity contribution in [3.05, 3.63) is 35.6 Å². The van der Waals surface area contributed by atoms with E-state index in [4.69, 9.17) is 4.74 Å². The van der Waals surface area contributed by atoms with E-state index in [0.29, 0.717) is 5.56 Å². The molecule has 21 heavy (non-hydrogen) atoms. The van der Waals surface area contributed by atoms with Crippen molar-refractivity contribution in [2.24, 2.45) is 5.92 Å². The highest BCUT2D eigenvalue weighted by molar-refractivity contribution is 5.20. The van der Waals surface area contributed by atoms with Crippen LogP contribution in [0.5, 0.6) is 0 Å². The fraction of sp³-hybridized carbons (Fsp3) is 0.647. The number of hydrogen-bond donors (Lipinski definition) is 1. The number of aliphatic hydroxyl groups is 1. The van der Waals surface area contributed by atoms with Crippen molar-refractivity contribution in [1.82, 2.24) is 4.90 Å². The predicted molar refractivity (Wildman–Crippen MR) is 81.6 cm³/mol. The summed E-state index contributed by atoms with van der Waals surface area (Å²) in [6, 6.07) is 6.46. The molecular weight excluding hydrogens is 269 g/mol. The van der Waals surface area contributed by atoms with Crippen molar-refractivity contribution >= 4 is 0 Å². The van der Waals surface area contributed by atoms with Crippen molar-refractivity contribution in [2.75, 3.05) is 26.7 Å². The van der Waals surface area contributed by atoms with Gasteiger partial charge in [-0.15, -0.1) is 0 Å². The molecule has 1 heterocycles. The average molecular weight is 295 g/mol. The Morgan fingerprint density at radius 2 is 2.14 bits per heavy atom. The summed E-state index contributed by atoms with van der Waals surface area (Å²) in [5, 5.41) is 10.4.